The fourth-order valence-electron chi connectivity index (χ4n) is 2.27. The van der Waals surface area contributed by atoms with Crippen molar-refractivity contribution >= 4 is 0 Å². The summed E-state index contributed by atoms with van der Waals surface area (Å²) in [7, 11) is 0. The van der Waals surface area contributed by atoms with Crippen LogP contribution in [0.4, 0.5) is 0 Å². The van der Waals surface area contributed by atoms with Gasteiger partial charge in [0.15, 0.2) is 0 Å². The van der Waals surface area contributed by atoms with E-state index in [1.165, 1.54) is 5.56 Å². The van der Waals surface area contributed by atoms with Gasteiger partial charge in [-0.15, -0.1) is 0 Å². The highest BCUT2D eigenvalue weighted by Gasteiger charge is 2.16. The number of benzene rings is 1. The van der Waals surface area contributed by atoms with Gasteiger partial charge in [0.25, 0.3) is 0 Å². The molecule has 2 rings (SSSR count). The minimum absolute atomic E-state index is 0.478. The minimum atomic E-state index is -0.478. The lowest BCUT2D eigenvalue weighted by molar-refractivity contribution is 0.198. The third-order valence-electron chi connectivity index (χ3n) is 3.01. The Labute approximate surface area is 102 Å². The maximum absolute atomic E-state index is 9.75. The first-order chi connectivity index (χ1) is 8.00. The van der Waals surface area contributed by atoms with Gasteiger partial charge in [0, 0.05) is 11.3 Å². The van der Waals surface area contributed by atoms with Crippen LogP contribution >= 0.6 is 0 Å². The van der Waals surface area contributed by atoms with Crippen LogP contribution in [0.5, 0.6) is 0 Å². The molecule has 1 atom stereocenters. The van der Waals surface area contributed by atoms with Crippen LogP contribution in [0.3, 0.4) is 0 Å². The third kappa shape index (κ3) is 2.11. The van der Waals surface area contributed by atoms with Crippen LogP contribution in [0.2, 0.25) is 0 Å². The lowest BCUT2D eigenvalue weighted by Gasteiger charge is -2.07. The summed E-state index contributed by atoms with van der Waals surface area (Å²) in [6.45, 7) is 7.76. The molecule has 0 aliphatic carbocycles. The van der Waals surface area contributed by atoms with E-state index in [9.17, 15) is 5.11 Å². The minimum Gasteiger partial charge on any atom is -0.389 e. The van der Waals surface area contributed by atoms with E-state index in [0.717, 1.165) is 22.6 Å². The van der Waals surface area contributed by atoms with Crippen molar-refractivity contribution in [3.8, 4) is 5.69 Å². The van der Waals surface area contributed by atoms with E-state index in [4.69, 9.17) is 0 Å². The van der Waals surface area contributed by atoms with E-state index >= 15 is 0 Å². The molecule has 90 valence electrons. The van der Waals surface area contributed by atoms with Gasteiger partial charge < -0.3 is 5.11 Å². The summed E-state index contributed by atoms with van der Waals surface area (Å²) in [5, 5.41) is 14.2. The van der Waals surface area contributed by atoms with Gasteiger partial charge in [-0.2, -0.15) is 5.10 Å². The Morgan fingerprint density at radius 1 is 1.24 bits per heavy atom. The number of rotatable bonds is 2. The fraction of sp³-hybridized carbons (Fsp3) is 0.357. The second-order valence-corrected chi connectivity index (χ2v) is 4.51. The molecule has 0 saturated heterocycles. The zero-order chi connectivity index (χ0) is 12.6. The average Bonchev–Trinajstić information content (AvgIpc) is 2.54. The molecule has 0 aliphatic rings. The van der Waals surface area contributed by atoms with E-state index in [-0.39, 0.29) is 0 Å². The molecule has 0 fully saturated rings. The van der Waals surface area contributed by atoms with Gasteiger partial charge in [-0.05, 0) is 45.4 Å². The first-order valence-corrected chi connectivity index (χ1v) is 5.82. The molecule has 0 bridgehead atoms. The fourth-order valence-corrected chi connectivity index (χ4v) is 2.27. The van der Waals surface area contributed by atoms with Gasteiger partial charge in [0.1, 0.15) is 0 Å². The van der Waals surface area contributed by atoms with Crippen LogP contribution in [0.25, 0.3) is 5.69 Å². The number of aliphatic hydroxyl groups excluding tert-OH is 1. The van der Waals surface area contributed by atoms with Crippen LogP contribution in [-0.4, -0.2) is 14.9 Å². The van der Waals surface area contributed by atoms with Crippen molar-refractivity contribution in [1.82, 2.24) is 9.78 Å². The van der Waals surface area contributed by atoms with Crippen molar-refractivity contribution in [2.75, 3.05) is 0 Å². The molecule has 0 spiro atoms. The highest BCUT2D eigenvalue weighted by atomic mass is 16.3. The van der Waals surface area contributed by atoms with Gasteiger partial charge in [-0.25, -0.2) is 4.68 Å². The second kappa shape index (κ2) is 4.34. The van der Waals surface area contributed by atoms with Gasteiger partial charge in [-0.1, -0.05) is 12.1 Å². The van der Waals surface area contributed by atoms with Crippen molar-refractivity contribution in [3.05, 3.63) is 46.8 Å². The summed E-state index contributed by atoms with van der Waals surface area (Å²) < 4.78 is 1.89. The average molecular weight is 230 g/mol. The molecule has 0 radical (unpaired) electrons. The molecular formula is C14H18N2O. The molecule has 3 heteroatoms. The molecule has 3 nitrogen and oxygen atoms in total. The number of hydrogen-bond donors (Lipinski definition) is 1. The van der Waals surface area contributed by atoms with E-state index in [2.05, 4.69) is 24.2 Å². The molecule has 0 aliphatic heterocycles. The van der Waals surface area contributed by atoms with Gasteiger partial charge >= 0.3 is 0 Å². The number of hydrogen-bond acceptors (Lipinski definition) is 2. The van der Waals surface area contributed by atoms with E-state index in [1.807, 2.05) is 30.7 Å². The predicted molar refractivity (Wildman–Crippen MR) is 68.4 cm³/mol. The molecule has 0 saturated carbocycles. The van der Waals surface area contributed by atoms with Crippen LogP contribution in [0.15, 0.2) is 24.3 Å². The molecular weight excluding hydrogens is 212 g/mol. The summed E-state index contributed by atoms with van der Waals surface area (Å²) in [6.07, 6.45) is -0.478. The lowest BCUT2D eigenvalue weighted by Crippen LogP contribution is -2.00. The van der Waals surface area contributed by atoms with Crippen molar-refractivity contribution < 1.29 is 5.11 Å². The quantitative estimate of drug-likeness (QED) is 0.861. The van der Waals surface area contributed by atoms with E-state index < -0.39 is 6.10 Å². The second-order valence-electron chi connectivity index (χ2n) is 4.51. The van der Waals surface area contributed by atoms with Crippen LogP contribution in [0.1, 0.15) is 35.5 Å². The number of aryl methyl sites for hydroxylation is 2. The largest absolute Gasteiger partial charge is 0.389 e. The Hall–Kier alpha value is -1.61. The normalized spacial score (nSPS) is 12.8. The Kier molecular flexibility index (Phi) is 3.03. The number of aliphatic hydroxyl groups is 1. The predicted octanol–water partition coefficient (Wildman–Crippen LogP) is 2.85. The van der Waals surface area contributed by atoms with Gasteiger partial charge in [-0.3, -0.25) is 0 Å². The highest BCUT2D eigenvalue weighted by Crippen LogP contribution is 2.23. The molecule has 1 aromatic heterocycles. The summed E-state index contributed by atoms with van der Waals surface area (Å²) in [5.74, 6) is 0. The summed E-state index contributed by atoms with van der Waals surface area (Å²) in [6, 6.07) is 8.19. The molecule has 1 unspecified atom stereocenters. The van der Waals surface area contributed by atoms with Crippen molar-refractivity contribution in [1.29, 1.82) is 0 Å². The third-order valence-corrected chi connectivity index (χ3v) is 3.01. The molecule has 1 heterocycles. The number of aromatic nitrogens is 2. The molecule has 2 aromatic rings. The van der Waals surface area contributed by atoms with Crippen molar-refractivity contribution in [2.45, 2.75) is 33.8 Å². The molecule has 17 heavy (non-hydrogen) atoms. The lowest BCUT2D eigenvalue weighted by atomic mass is 10.1. The Balaban J connectivity index is 2.58. The first kappa shape index (κ1) is 11.9. The zero-order valence-corrected chi connectivity index (χ0v) is 10.7. The summed E-state index contributed by atoms with van der Waals surface area (Å²) in [4.78, 5) is 0. The monoisotopic (exact) mass is 230 g/mol. The number of nitrogens with zero attached hydrogens (tertiary/aromatic N) is 2. The molecule has 1 N–H and O–H groups in total. The maximum atomic E-state index is 9.75. The van der Waals surface area contributed by atoms with Crippen LogP contribution in [0, 0.1) is 20.8 Å². The smallest absolute Gasteiger partial charge is 0.0797 e. The topological polar surface area (TPSA) is 38.0 Å². The Bertz CT molecular complexity index is 541. The van der Waals surface area contributed by atoms with E-state index in [1.54, 1.807) is 6.92 Å². The zero-order valence-electron chi connectivity index (χ0n) is 10.7. The van der Waals surface area contributed by atoms with Gasteiger partial charge in [0.2, 0.25) is 0 Å². The SMILES string of the molecule is Cc1cccc(-n2nc(C)c(C(C)O)c2C)c1. The van der Waals surface area contributed by atoms with Crippen molar-refractivity contribution in [3.63, 3.8) is 0 Å². The standard InChI is InChI=1S/C14H18N2O/c1-9-6-5-7-13(8-9)16-11(3)14(12(4)17)10(2)15-16/h5-8,12,17H,1-4H3. The highest BCUT2D eigenvalue weighted by molar-refractivity contribution is 5.39. The van der Waals surface area contributed by atoms with Crippen molar-refractivity contribution in [2.24, 2.45) is 0 Å². The molecule has 0 amide bonds. The van der Waals surface area contributed by atoms with Crippen LogP contribution in [-0.2, 0) is 0 Å². The summed E-state index contributed by atoms with van der Waals surface area (Å²) >= 11 is 0. The van der Waals surface area contributed by atoms with E-state index in [0.29, 0.717) is 0 Å². The Morgan fingerprint density at radius 3 is 2.47 bits per heavy atom. The maximum Gasteiger partial charge on any atom is 0.0797 e. The van der Waals surface area contributed by atoms with Gasteiger partial charge in [0.05, 0.1) is 17.5 Å². The Morgan fingerprint density at radius 2 is 1.94 bits per heavy atom. The molecule has 1 aromatic carbocycles. The first-order valence-electron chi connectivity index (χ1n) is 5.82. The van der Waals surface area contributed by atoms with Crippen LogP contribution < -0.4 is 0 Å². The summed E-state index contributed by atoms with van der Waals surface area (Å²) in [5.41, 5.74) is 5.06.